The van der Waals surface area contributed by atoms with Gasteiger partial charge in [-0.3, -0.25) is 4.90 Å². The fraction of sp³-hybridized carbons (Fsp3) is 0.923. The molecule has 1 rings (SSSR count). The molecule has 1 aliphatic rings. The van der Waals surface area contributed by atoms with Gasteiger partial charge >= 0.3 is 6.03 Å². The molecule has 0 aromatic rings. The van der Waals surface area contributed by atoms with Crippen LogP contribution in [0.5, 0.6) is 0 Å². The second kappa shape index (κ2) is 7.59. The molecule has 0 aromatic carbocycles. The van der Waals surface area contributed by atoms with Crippen molar-refractivity contribution in [2.45, 2.75) is 26.3 Å². The molecule has 0 saturated carbocycles. The summed E-state index contributed by atoms with van der Waals surface area (Å²) in [5.74, 6) is 0. The van der Waals surface area contributed by atoms with Gasteiger partial charge in [0.25, 0.3) is 0 Å². The lowest BCUT2D eigenvalue weighted by Crippen LogP contribution is -2.54. The number of hydrogen-bond donors (Lipinski definition) is 1. The van der Waals surface area contributed by atoms with Gasteiger partial charge in [0.2, 0.25) is 0 Å². The molecule has 1 atom stereocenters. The lowest BCUT2D eigenvalue weighted by Gasteiger charge is -2.37. The molecule has 0 aromatic heterocycles. The maximum Gasteiger partial charge on any atom is 0.317 e. The van der Waals surface area contributed by atoms with Crippen molar-refractivity contribution < 1.29 is 4.79 Å². The topological polar surface area (TPSA) is 38.8 Å². The first-order valence-electron chi connectivity index (χ1n) is 6.96. The Labute approximate surface area is 111 Å². The molecule has 0 radical (unpaired) electrons. The van der Waals surface area contributed by atoms with Crippen LogP contribution in [-0.2, 0) is 0 Å². The molecule has 18 heavy (non-hydrogen) atoms. The van der Waals surface area contributed by atoms with Gasteiger partial charge in [-0.2, -0.15) is 0 Å². The highest BCUT2D eigenvalue weighted by Gasteiger charge is 2.22. The Balaban J connectivity index is 2.23. The van der Waals surface area contributed by atoms with E-state index < -0.39 is 0 Å². The third-order valence-electron chi connectivity index (χ3n) is 3.65. The first-order valence-corrected chi connectivity index (χ1v) is 6.96. The highest BCUT2D eigenvalue weighted by molar-refractivity contribution is 5.74. The summed E-state index contributed by atoms with van der Waals surface area (Å²) in [6.07, 6.45) is 1.18. The summed E-state index contributed by atoms with van der Waals surface area (Å²) in [5, 5.41) is 2.97. The summed E-state index contributed by atoms with van der Waals surface area (Å²) in [6, 6.07) is 0.713. The minimum atomic E-state index is 0.0839. The minimum absolute atomic E-state index is 0.0839. The summed E-state index contributed by atoms with van der Waals surface area (Å²) in [5.41, 5.74) is 0. The molecular formula is C13H28N4O. The number of likely N-dealkylation sites (N-methyl/N-ethyl adjacent to an activating group) is 1. The van der Waals surface area contributed by atoms with E-state index in [4.69, 9.17) is 0 Å². The average molecular weight is 256 g/mol. The Morgan fingerprint density at radius 3 is 2.39 bits per heavy atom. The van der Waals surface area contributed by atoms with E-state index in [2.05, 4.69) is 29.0 Å². The maximum absolute atomic E-state index is 11.9. The molecule has 5 heteroatoms. The Morgan fingerprint density at radius 1 is 1.28 bits per heavy atom. The molecule has 1 fully saturated rings. The summed E-state index contributed by atoms with van der Waals surface area (Å²) in [4.78, 5) is 18.4. The SMILES string of the molecule is CCC(C)N1CCN(C(=O)NCCN(C)C)CC1. The Bertz CT molecular complexity index is 249. The van der Waals surface area contributed by atoms with Gasteiger partial charge in [0, 0.05) is 45.3 Å². The van der Waals surface area contributed by atoms with Crippen LogP contribution in [0.15, 0.2) is 0 Å². The number of carbonyl (C=O) groups excluding carboxylic acids is 1. The van der Waals surface area contributed by atoms with Crippen LogP contribution in [0.4, 0.5) is 4.79 Å². The molecule has 0 bridgehead atoms. The largest absolute Gasteiger partial charge is 0.337 e. The molecule has 106 valence electrons. The second-order valence-electron chi connectivity index (χ2n) is 5.32. The lowest BCUT2D eigenvalue weighted by molar-refractivity contribution is 0.112. The second-order valence-corrected chi connectivity index (χ2v) is 5.32. The van der Waals surface area contributed by atoms with Crippen molar-refractivity contribution >= 4 is 6.03 Å². The summed E-state index contributed by atoms with van der Waals surface area (Å²) < 4.78 is 0. The van der Waals surface area contributed by atoms with Gasteiger partial charge in [-0.05, 0) is 27.4 Å². The Morgan fingerprint density at radius 2 is 1.89 bits per heavy atom. The predicted octanol–water partition coefficient (Wildman–Crippen LogP) is 0.674. The number of urea groups is 1. The van der Waals surface area contributed by atoms with Gasteiger partial charge in [0.15, 0.2) is 0 Å². The highest BCUT2D eigenvalue weighted by Crippen LogP contribution is 2.08. The number of nitrogens with zero attached hydrogens (tertiary/aromatic N) is 3. The van der Waals surface area contributed by atoms with Gasteiger partial charge in [-0.1, -0.05) is 6.92 Å². The number of rotatable bonds is 5. The average Bonchev–Trinajstić information content (AvgIpc) is 2.37. The van der Waals surface area contributed by atoms with Gasteiger partial charge < -0.3 is 15.1 Å². The summed E-state index contributed by atoms with van der Waals surface area (Å²) >= 11 is 0. The van der Waals surface area contributed by atoms with Gasteiger partial charge in [-0.25, -0.2) is 4.79 Å². The zero-order chi connectivity index (χ0) is 13.5. The van der Waals surface area contributed by atoms with E-state index in [1.807, 2.05) is 19.0 Å². The number of carbonyl (C=O) groups is 1. The van der Waals surface area contributed by atoms with Crippen molar-refractivity contribution in [3.05, 3.63) is 0 Å². The number of piperazine rings is 1. The van der Waals surface area contributed by atoms with Gasteiger partial charge in [-0.15, -0.1) is 0 Å². The zero-order valence-electron chi connectivity index (χ0n) is 12.3. The molecular weight excluding hydrogens is 228 g/mol. The van der Waals surface area contributed by atoms with Crippen LogP contribution < -0.4 is 5.32 Å². The van der Waals surface area contributed by atoms with E-state index in [0.29, 0.717) is 6.04 Å². The molecule has 5 nitrogen and oxygen atoms in total. The third kappa shape index (κ3) is 4.82. The van der Waals surface area contributed by atoms with Crippen LogP contribution in [0.3, 0.4) is 0 Å². The number of nitrogens with one attached hydrogen (secondary N) is 1. The zero-order valence-corrected chi connectivity index (χ0v) is 12.3. The molecule has 0 aliphatic carbocycles. The fourth-order valence-corrected chi connectivity index (χ4v) is 2.12. The standard InChI is InChI=1S/C13H28N4O/c1-5-12(2)16-8-10-17(11-9-16)13(18)14-6-7-15(3)4/h12H,5-11H2,1-4H3,(H,14,18). The first kappa shape index (κ1) is 15.2. The molecule has 1 heterocycles. The summed E-state index contributed by atoms with van der Waals surface area (Å²) in [6.45, 7) is 9.76. The van der Waals surface area contributed by atoms with Crippen molar-refractivity contribution in [2.24, 2.45) is 0 Å². The maximum atomic E-state index is 11.9. The Kier molecular flexibility index (Phi) is 6.43. The molecule has 1 saturated heterocycles. The van der Waals surface area contributed by atoms with Crippen LogP contribution in [0, 0.1) is 0 Å². The van der Waals surface area contributed by atoms with Crippen LogP contribution in [0.2, 0.25) is 0 Å². The molecule has 1 unspecified atom stereocenters. The summed E-state index contributed by atoms with van der Waals surface area (Å²) in [7, 11) is 4.02. The van der Waals surface area contributed by atoms with E-state index in [1.54, 1.807) is 0 Å². The number of amides is 2. The third-order valence-corrected chi connectivity index (χ3v) is 3.65. The van der Waals surface area contributed by atoms with Crippen LogP contribution >= 0.6 is 0 Å². The van der Waals surface area contributed by atoms with Crippen LogP contribution in [0.25, 0.3) is 0 Å². The first-order chi connectivity index (χ1) is 8.54. The normalized spacial score (nSPS) is 19.1. The van der Waals surface area contributed by atoms with E-state index in [9.17, 15) is 4.79 Å². The predicted molar refractivity (Wildman–Crippen MR) is 74.9 cm³/mol. The molecule has 0 spiro atoms. The smallest absolute Gasteiger partial charge is 0.317 e. The van der Waals surface area contributed by atoms with Gasteiger partial charge in [0.05, 0.1) is 0 Å². The van der Waals surface area contributed by atoms with Crippen molar-refractivity contribution in [3.63, 3.8) is 0 Å². The van der Waals surface area contributed by atoms with E-state index in [1.165, 1.54) is 6.42 Å². The van der Waals surface area contributed by atoms with Crippen molar-refractivity contribution in [1.82, 2.24) is 20.0 Å². The monoisotopic (exact) mass is 256 g/mol. The molecule has 1 aliphatic heterocycles. The van der Waals surface area contributed by atoms with Crippen LogP contribution in [0.1, 0.15) is 20.3 Å². The quantitative estimate of drug-likeness (QED) is 0.786. The molecule has 2 amide bonds. The Hall–Kier alpha value is -0.810. The lowest BCUT2D eigenvalue weighted by atomic mass is 10.2. The van der Waals surface area contributed by atoms with Crippen molar-refractivity contribution in [2.75, 3.05) is 53.4 Å². The minimum Gasteiger partial charge on any atom is -0.337 e. The van der Waals surface area contributed by atoms with Gasteiger partial charge in [0.1, 0.15) is 0 Å². The molecule has 1 N–H and O–H groups in total. The van der Waals surface area contributed by atoms with E-state index in [-0.39, 0.29) is 6.03 Å². The van der Waals surface area contributed by atoms with E-state index >= 15 is 0 Å². The fourth-order valence-electron chi connectivity index (χ4n) is 2.12. The van der Waals surface area contributed by atoms with Crippen LogP contribution in [-0.4, -0.2) is 80.1 Å². The van der Waals surface area contributed by atoms with Crippen molar-refractivity contribution in [3.8, 4) is 0 Å². The van der Waals surface area contributed by atoms with Crippen molar-refractivity contribution in [1.29, 1.82) is 0 Å². The highest BCUT2D eigenvalue weighted by atomic mass is 16.2. The van der Waals surface area contributed by atoms with E-state index in [0.717, 1.165) is 39.3 Å². The number of hydrogen-bond acceptors (Lipinski definition) is 3.